The number of ketones is 1. The van der Waals surface area contributed by atoms with Crippen LogP contribution in [-0.4, -0.2) is 24.8 Å². The molecule has 0 atom stereocenters. The Balaban J connectivity index is 3.12. The molecule has 0 radical (unpaired) electrons. The lowest BCUT2D eigenvalue weighted by atomic mass is 10.1. The minimum atomic E-state index is -4.17. The fourth-order valence-corrected chi connectivity index (χ4v) is 1.50. The van der Waals surface area contributed by atoms with Crippen molar-refractivity contribution in [2.24, 2.45) is 0 Å². The number of carbonyl (C=O) groups is 2. The van der Waals surface area contributed by atoms with Gasteiger partial charge in [-0.15, -0.1) is 0 Å². The van der Waals surface area contributed by atoms with Crippen LogP contribution < -0.4 is 0 Å². The molecule has 0 N–H and O–H groups in total. The van der Waals surface area contributed by atoms with Gasteiger partial charge in [0, 0.05) is 10.0 Å². The highest BCUT2D eigenvalue weighted by molar-refractivity contribution is 9.10. The standard InChI is InChI=1S/C10H7BrF2O3/c1-16-9(15)10(12,13)8(14)6-4-2-3-5-7(6)11/h2-5H,1H3. The zero-order valence-corrected chi connectivity index (χ0v) is 9.75. The molecule has 0 amide bonds. The number of carbonyl (C=O) groups excluding carboxylic acids is 2. The van der Waals surface area contributed by atoms with Crippen molar-refractivity contribution >= 4 is 27.7 Å². The van der Waals surface area contributed by atoms with Gasteiger partial charge in [-0.3, -0.25) is 4.79 Å². The molecule has 0 aromatic heterocycles. The first kappa shape index (κ1) is 12.8. The van der Waals surface area contributed by atoms with E-state index in [0.717, 1.165) is 7.11 Å². The first-order valence-corrected chi connectivity index (χ1v) is 4.96. The number of benzene rings is 1. The lowest BCUT2D eigenvalue weighted by Gasteiger charge is -2.12. The quantitative estimate of drug-likeness (QED) is 0.488. The average Bonchev–Trinajstić information content (AvgIpc) is 2.27. The third kappa shape index (κ3) is 2.27. The van der Waals surface area contributed by atoms with Gasteiger partial charge in [-0.1, -0.05) is 34.1 Å². The van der Waals surface area contributed by atoms with Crippen molar-refractivity contribution in [3.05, 3.63) is 34.3 Å². The summed E-state index contributed by atoms with van der Waals surface area (Å²) in [4.78, 5) is 22.2. The van der Waals surface area contributed by atoms with Crippen molar-refractivity contribution in [3.8, 4) is 0 Å². The van der Waals surface area contributed by atoms with E-state index in [1.165, 1.54) is 18.2 Å². The SMILES string of the molecule is COC(=O)C(F)(F)C(=O)c1ccccc1Br. The first-order valence-electron chi connectivity index (χ1n) is 4.16. The van der Waals surface area contributed by atoms with Gasteiger partial charge in [0.2, 0.25) is 5.78 Å². The van der Waals surface area contributed by atoms with E-state index in [1.807, 2.05) is 0 Å². The molecule has 0 saturated heterocycles. The van der Waals surface area contributed by atoms with E-state index in [0.29, 0.717) is 0 Å². The Kier molecular flexibility index (Phi) is 3.74. The van der Waals surface area contributed by atoms with Gasteiger partial charge in [-0.2, -0.15) is 8.78 Å². The molecule has 0 aliphatic carbocycles. The molecule has 0 fully saturated rings. The normalized spacial score (nSPS) is 11.0. The third-order valence-electron chi connectivity index (χ3n) is 1.85. The molecular weight excluding hydrogens is 286 g/mol. The monoisotopic (exact) mass is 292 g/mol. The second kappa shape index (κ2) is 4.69. The van der Waals surface area contributed by atoms with Gasteiger partial charge in [0.25, 0.3) is 0 Å². The number of Topliss-reactive ketones (excluding diaryl/α,β-unsaturated/α-hetero) is 1. The van der Waals surface area contributed by atoms with E-state index in [2.05, 4.69) is 20.7 Å². The number of rotatable bonds is 3. The maximum absolute atomic E-state index is 13.2. The predicted octanol–water partition coefficient (Wildman–Crippen LogP) is 2.44. The summed E-state index contributed by atoms with van der Waals surface area (Å²) >= 11 is 2.95. The van der Waals surface area contributed by atoms with Crippen LogP contribution in [0.5, 0.6) is 0 Å². The number of alkyl halides is 2. The summed E-state index contributed by atoms with van der Waals surface area (Å²) in [5.41, 5.74) is -0.266. The number of esters is 1. The summed E-state index contributed by atoms with van der Waals surface area (Å²) in [7, 11) is 0.795. The van der Waals surface area contributed by atoms with Gasteiger partial charge in [-0.05, 0) is 6.07 Å². The fraction of sp³-hybridized carbons (Fsp3) is 0.200. The Morgan fingerprint density at radius 1 is 1.31 bits per heavy atom. The molecule has 0 bridgehead atoms. The number of halogens is 3. The molecule has 0 aliphatic rings. The molecule has 0 saturated carbocycles. The van der Waals surface area contributed by atoms with Crippen molar-refractivity contribution in [1.29, 1.82) is 0 Å². The predicted molar refractivity (Wildman–Crippen MR) is 55.4 cm³/mol. The first-order chi connectivity index (χ1) is 7.41. The topological polar surface area (TPSA) is 43.4 Å². The van der Waals surface area contributed by atoms with E-state index in [4.69, 9.17) is 0 Å². The van der Waals surface area contributed by atoms with Crippen molar-refractivity contribution in [2.75, 3.05) is 7.11 Å². The molecule has 0 heterocycles. The van der Waals surface area contributed by atoms with Gasteiger partial charge in [-0.25, -0.2) is 4.79 Å². The fourth-order valence-electron chi connectivity index (χ4n) is 1.04. The Labute approximate surface area is 98.5 Å². The van der Waals surface area contributed by atoms with Crippen LogP contribution in [0, 0.1) is 0 Å². The van der Waals surface area contributed by atoms with Crippen molar-refractivity contribution < 1.29 is 23.1 Å². The summed E-state index contributed by atoms with van der Waals surface area (Å²) in [6, 6.07) is 5.62. The maximum atomic E-state index is 13.2. The van der Waals surface area contributed by atoms with Crippen LogP contribution in [-0.2, 0) is 9.53 Å². The largest absolute Gasteiger partial charge is 0.464 e. The number of ether oxygens (including phenoxy) is 1. The van der Waals surface area contributed by atoms with E-state index in [-0.39, 0.29) is 10.0 Å². The summed E-state index contributed by atoms with van der Waals surface area (Å²) in [5.74, 6) is -7.63. The van der Waals surface area contributed by atoms with Crippen LogP contribution in [0.3, 0.4) is 0 Å². The molecule has 6 heteroatoms. The average molecular weight is 293 g/mol. The van der Waals surface area contributed by atoms with Gasteiger partial charge >= 0.3 is 11.9 Å². The zero-order valence-electron chi connectivity index (χ0n) is 8.17. The summed E-state index contributed by atoms with van der Waals surface area (Å²) in [6.45, 7) is 0. The zero-order chi connectivity index (χ0) is 12.3. The van der Waals surface area contributed by atoms with E-state index in [1.54, 1.807) is 6.07 Å². The summed E-state index contributed by atoms with van der Waals surface area (Å²) in [6.07, 6.45) is 0. The molecule has 0 spiro atoms. The number of hydrogen-bond donors (Lipinski definition) is 0. The highest BCUT2D eigenvalue weighted by atomic mass is 79.9. The number of hydrogen-bond acceptors (Lipinski definition) is 3. The van der Waals surface area contributed by atoms with Gasteiger partial charge in [0.15, 0.2) is 0 Å². The van der Waals surface area contributed by atoms with E-state index >= 15 is 0 Å². The Morgan fingerprint density at radius 2 is 1.88 bits per heavy atom. The Morgan fingerprint density at radius 3 is 2.38 bits per heavy atom. The molecular formula is C10H7BrF2O3. The second-order valence-corrected chi connectivity index (χ2v) is 3.73. The molecule has 1 rings (SSSR count). The lowest BCUT2D eigenvalue weighted by molar-refractivity contribution is -0.161. The molecule has 0 aliphatic heterocycles. The molecule has 1 aromatic carbocycles. The highest BCUT2D eigenvalue weighted by Gasteiger charge is 2.49. The van der Waals surface area contributed by atoms with Gasteiger partial charge < -0.3 is 4.74 Å². The van der Waals surface area contributed by atoms with Crippen LogP contribution in [0.25, 0.3) is 0 Å². The van der Waals surface area contributed by atoms with E-state index in [9.17, 15) is 18.4 Å². The summed E-state index contributed by atoms with van der Waals surface area (Å²) in [5, 5.41) is 0. The molecule has 3 nitrogen and oxygen atoms in total. The van der Waals surface area contributed by atoms with Gasteiger partial charge in [0.1, 0.15) is 0 Å². The minimum absolute atomic E-state index is 0.198. The Bertz CT molecular complexity index is 432. The van der Waals surface area contributed by atoms with Crippen LogP contribution in [0.4, 0.5) is 8.78 Å². The van der Waals surface area contributed by atoms with Crippen molar-refractivity contribution in [2.45, 2.75) is 5.92 Å². The molecule has 16 heavy (non-hydrogen) atoms. The summed E-state index contributed by atoms with van der Waals surface area (Å²) < 4.78 is 30.5. The van der Waals surface area contributed by atoms with Crippen molar-refractivity contribution in [1.82, 2.24) is 0 Å². The lowest BCUT2D eigenvalue weighted by Crippen LogP contribution is -2.39. The van der Waals surface area contributed by atoms with Gasteiger partial charge in [0.05, 0.1) is 7.11 Å². The second-order valence-electron chi connectivity index (χ2n) is 2.87. The maximum Gasteiger partial charge on any atom is 0.404 e. The van der Waals surface area contributed by atoms with Crippen LogP contribution in [0.15, 0.2) is 28.7 Å². The Hall–Kier alpha value is -1.30. The minimum Gasteiger partial charge on any atom is -0.464 e. The molecule has 86 valence electrons. The smallest absolute Gasteiger partial charge is 0.404 e. The van der Waals surface area contributed by atoms with Crippen LogP contribution >= 0.6 is 15.9 Å². The highest BCUT2D eigenvalue weighted by Crippen LogP contribution is 2.26. The molecule has 0 unspecified atom stereocenters. The van der Waals surface area contributed by atoms with Crippen molar-refractivity contribution in [3.63, 3.8) is 0 Å². The molecule has 1 aromatic rings. The third-order valence-corrected chi connectivity index (χ3v) is 2.54. The van der Waals surface area contributed by atoms with E-state index < -0.39 is 17.7 Å². The van der Waals surface area contributed by atoms with Crippen LogP contribution in [0.2, 0.25) is 0 Å². The number of methoxy groups -OCH3 is 1. The van der Waals surface area contributed by atoms with Crippen LogP contribution in [0.1, 0.15) is 10.4 Å².